The van der Waals surface area contributed by atoms with Crippen molar-refractivity contribution in [1.29, 1.82) is 5.26 Å². The molecule has 0 spiro atoms. The molecule has 1 saturated heterocycles. The molecule has 0 aromatic carbocycles. The van der Waals surface area contributed by atoms with Gasteiger partial charge in [-0.15, -0.1) is 0 Å². The van der Waals surface area contributed by atoms with Crippen LogP contribution in [0.3, 0.4) is 0 Å². The van der Waals surface area contributed by atoms with Crippen LogP contribution < -0.4 is 10.2 Å². The molecule has 1 aliphatic carbocycles. The van der Waals surface area contributed by atoms with E-state index < -0.39 is 5.54 Å². The van der Waals surface area contributed by atoms with Gasteiger partial charge in [0, 0.05) is 48.7 Å². The Labute approximate surface area is 202 Å². The van der Waals surface area contributed by atoms with Crippen molar-refractivity contribution in [3.05, 3.63) is 55.0 Å². The Morgan fingerprint density at radius 1 is 1.26 bits per heavy atom. The van der Waals surface area contributed by atoms with Crippen LogP contribution in [0.15, 0.2) is 49.3 Å². The Hall–Kier alpha value is -4.26. The predicted molar refractivity (Wildman–Crippen MR) is 129 cm³/mol. The van der Waals surface area contributed by atoms with Gasteiger partial charge in [-0.05, 0) is 43.4 Å². The molecule has 2 fully saturated rings. The number of nitrogens with one attached hydrogen (secondary N) is 2. The van der Waals surface area contributed by atoms with E-state index in [1.807, 2.05) is 42.3 Å². The van der Waals surface area contributed by atoms with E-state index >= 15 is 0 Å². The number of nitrogens with zero attached hydrogens (tertiary/aromatic N) is 7. The SMILES string of the molecule is CC(NC(=O)c1cnc(N2CC(CC#N)(n3cc(-c4ccnc5[nH]ccc45)cn3)C2)cn1)C1CC1. The van der Waals surface area contributed by atoms with Gasteiger partial charge in [0.1, 0.15) is 22.7 Å². The van der Waals surface area contributed by atoms with Crippen LogP contribution in [0.2, 0.25) is 0 Å². The molecule has 0 radical (unpaired) electrons. The molecule has 6 rings (SSSR count). The van der Waals surface area contributed by atoms with Gasteiger partial charge >= 0.3 is 0 Å². The van der Waals surface area contributed by atoms with Crippen molar-refractivity contribution >= 4 is 22.8 Å². The minimum Gasteiger partial charge on any atom is -0.350 e. The fourth-order valence-electron chi connectivity index (χ4n) is 4.84. The number of nitriles is 1. The number of carbonyl (C=O) groups excluding carboxylic acids is 1. The van der Waals surface area contributed by atoms with Gasteiger partial charge in [0.05, 0.1) is 31.1 Å². The molecule has 10 nitrogen and oxygen atoms in total. The number of fused-ring (bicyclic) bond motifs is 1. The number of H-pyrrole nitrogens is 1. The quantitative estimate of drug-likeness (QED) is 0.428. The molecule has 4 aromatic rings. The molecular formula is C25H25N9O. The topological polar surface area (TPSA) is 128 Å². The second-order valence-electron chi connectivity index (χ2n) is 9.55. The zero-order valence-corrected chi connectivity index (χ0v) is 19.3. The van der Waals surface area contributed by atoms with Crippen LogP contribution in [0.4, 0.5) is 5.82 Å². The fraction of sp³-hybridized carbons (Fsp3) is 0.360. The van der Waals surface area contributed by atoms with E-state index in [4.69, 9.17) is 0 Å². The Kier molecular flexibility index (Phi) is 4.99. The molecule has 1 unspecified atom stereocenters. The predicted octanol–water partition coefficient (Wildman–Crippen LogP) is 2.87. The first-order valence-corrected chi connectivity index (χ1v) is 11.8. The van der Waals surface area contributed by atoms with Crippen LogP contribution in [0.5, 0.6) is 0 Å². The summed E-state index contributed by atoms with van der Waals surface area (Å²) in [5.41, 5.74) is 2.71. The molecule has 0 bridgehead atoms. The van der Waals surface area contributed by atoms with E-state index in [-0.39, 0.29) is 11.9 Å². The number of carbonyl (C=O) groups is 1. The lowest BCUT2D eigenvalue weighted by atomic mass is 9.87. The fourth-order valence-corrected chi connectivity index (χ4v) is 4.84. The smallest absolute Gasteiger partial charge is 0.271 e. The normalized spacial score (nSPS) is 17.5. The molecule has 1 atom stereocenters. The Bertz CT molecular complexity index is 1420. The number of aromatic amines is 1. The first-order valence-electron chi connectivity index (χ1n) is 11.8. The second kappa shape index (κ2) is 8.20. The van der Waals surface area contributed by atoms with Crippen molar-refractivity contribution in [2.45, 2.75) is 37.8 Å². The summed E-state index contributed by atoms with van der Waals surface area (Å²) in [6.45, 7) is 3.19. The molecule has 2 N–H and O–H groups in total. The number of amides is 1. The van der Waals surface area contributed by atoms with Gasteiger partial charge in [-0.2, -0.15) is 10.4 Å². The Morgan fingerprint density at radius 3 is 2.86 bits per heavy atom. The molecule has 35 heavy (non-hydrogen) atoms. The summed E-state index contributed by atoms with van der Waals surface area (Å²) in [5, 5.41) is 18.2. The van der Waals surface area contributed by atoms with Gasteiger partial charge in [0.25, 0.3) is 5.91 Å². The number of aromatic nitrogens is 6. The lowest BCUT2D eigenvalue weighted by Gasteiger charge is -2.49. The molecule has 2 aliphatic rings. The summed E-state index contributed by atoms with van der Waals surface area (Å²) in [7, 11) is 0. The van der Waals surface area contributed by atoms with E-state index in [9.17, 15) is 10.1 Å². The highest BCUT2D eigenvalue weighted by atomic mass is 16.1. The zero-order chi connectivity index (χ0) is 24.0. The van der Waals surface area contributed by atoms with Crippen molar-refractivity contribution in [3.8, 4) is 17.2 Å². The molecule has 176 valence electrons. The van der Waals surface area contributed by atoms with E-state index in [1.54, 1.807) is 12.4 Å². The van der Waals surface area contributed by atoms with Crippen LogP contribution in [-0.4, -0.2) is 54.8 Å². The standard InChI is InChI=1S/C25H25N9O/c1-16(17-2-3-17)32-24(35)21-11-30-22(12-29-21)33-14-25(15-33,6-7-26)34-13-18(10-31-34)19-4-8-27-23-20(19)5-9-28-23/h4-5,8-13,16-17H,2-3,6,14-15H2,1H3,(H,27,28)(H,32,35). The van der Waals surface area contributed by atoms with Gasteiger partial charge in [0.2, 0.25) is 0 Å². The molecular weight excluding hydrogens is 442 g/mol. The summed E-state index contributed by atoms with van der Waals surface area (Å²) >= 11 is 0. The lowest BCUT2D eigenvalue weighted by molar-refractivity contribution is 0.0930. The average Bonchev–Trinajstić information content (AvgIpc) is 3.39. The molecule has 10 heteroatoms. The van der Waals surface area contributed by atoms with Gasteiger partial charge in [-0.25, -0.2) is 15.0 Å². The minimum atomic E-state index is -0.450. The van der Waals surface area contributed by atoms with E-state index in [2.05, 4.69) is 41.3 Å². The molecule has 4 aromatic heterocycles. The summed E-state index contributed by atoms with van der Waals surface area (Å²) in [4.78, 5) is 30.8. The van der Waals surface area contributed by atoms with Crippen molar-refractivity contribution in [3.63, 3.8) is 0 Å². The highest BCUT2D eigenvalue weighted by molar-refractivity contribution is 5.93. The van der Waals surface area contributed by atoms with E-state index in [0.29, 0.717) is 36.9 Å². The third kappa shape index (κ3) is 3.79. The summed E-state index contributed by atoms with van der Waals surface area (Å²) in [6, 6.07) is 6.45. The Balaban J connectivity index is 1.18. The number of rotatable bonds is 7. The number of pyridine rings is 1. The van der Waals surface area contributed by atoms with Crippen LogP contribution in [0.1, 0.15) is 36.7 Å². The average molecular weight is 468 g/mol. The Morgan fingerprint density at radius 2 is 2.11 bits per heavy atom. The van der Waals surface area contributed by atoms with Gasteiger partial charge < -0.3 is 15.2 Å². The maximum atomic E-state index is 12.4. The largest absolute Gasteiger partial charge is 0.350 e. The van der Waals surface area contributed by atoms with E-state index in [1.165, 1.54) is 19.0 Å². The summed E-state index contributed by atoms with van der Waals surface area (Å²) < 4.78 is 1.90. The van der Waals surface area contributed by atoms with Crippen LogP contribution >= 0.6 is 0 Å². The van der Waals surface area contributed by atoms with Gasteiger partial charge in [0.15, 0.2) is 0 Å². The molecule has 1 aliphatic heterocycles. The lowest BCUT2D eigenvalue weighted by Crippen LogP contribution is -2.63. The van der Waals surface area contributed by atoms with Gasteiger partial charge in [-0.1, -0.05) is 0 Å². The number of hydrogen-bond acceptors (Lipinski definition) is 7. The first kappa shape index (κ1) is 21.3. The highest BCUT2D eigenvalue weighted by Gasteiger charge is 2.46. The van der Waals surface area contributed by atoms with Crippen molar-refractivity contribution in [2.75, 3.05) is 18.0 Å². The van der Waals surface area contributed by atoms with Gasteiger partial charge in [-0.3, -0.25) is 9.48 Å². The first-order chi connectivity index (χ1) is 17.1. The number of anilines is 1. The monoisotopic (exact) mass is 467 g/mol. The van der Waals surface area contributed by atoms with Crippen LogP contribution in [-0.2, 0) is 5.54 Å². The molecule has 5 heterocycles. The maximum absolute atomic E-state index is 12.4. The summed E-state index contributed by atoms with van der Waals surface area (Å²) in [5.74, 6) is 1.07. The minimum absolute atomic E-state index is 0.158. The maximum Gasteiger partial charge on any atom is 0.271 e. The summed E-state index contributed by atoms with van der Waals surface area (Å²) in [6.07, 6.45) is 13.3. The van der Waals surface area contributed by atoms with Crippen molar-refractivity contribution < 1.29 is 4.79 Å². The third-order valence-electron chi connectivity index (χ3n) is 7.10. The van der Waals surface area contributed by atoms with Crippen LogP contribution in [0.25, 0.3) is 22.2 Å². The molecule has 1 saturated carbocycles. The zero-order valence-electron chi connectivity index (χ0n) is 19.3. The van der Waals surface area contributed by atoms with Crippen molar-refractivity contribution in [1.82, 2.24) is 35.0 Å². The second-order valence-corrected chi connectivity index (χ2v) is 9.55. The third-order valence-corrected chi connectivity index (χ3v) is 7.10. The molecule has 1 amide bonds. The van der Waals surface area contributed by atoms with Crippen LogP contribution in [0, 0.1) is 17.2 Å². The van der Waals surface area contributed by atoms with Crippen molar-refractivity contribution in [2.24, 2.45) is 5.92 Å². The number of hydrogen-bond donors (Lipinski definition) is 2. The van der Waals surface area contributed by atoms with E-state index in [0.717, 1.165) is 22.2 Å². The highest BCUT2D eigenvalue weighted by Crippen LogP contribution is 2.36.